The smallest absolute Gasteiger partial charge is 0.0999 e. The maximum absolute atomic E-state index is 8.97. The predicted octanol–water partition coefficient (Wildman–Crippen LogP) is 3.72. The molecule has 2 rings (SSSR count). The number of aryl methyl sites for hydroxylation is 1. The van der Waals surface area contributed by atoms with Gasteiger partial charge in [0.25, 0.3) is 0 Å². The number of halogens is 2. The van der Waals surface area contributed by atoms with E-state index >= 15 is 0 Å². The zero-order chi connectivity index (χ0) is 11.0. The Morgan fingerprint density at radius 2 is 2.07 bits per heavy atom. The van der Waals surface area contributed by atoms with Gasteiger partial charge in [0.1, 0.15) is 0 Å². The van der Waals surface area contributed by atoms with Crippen LogP contribution < -0.4 is 0 Å². The molecule has 4 heteroatoms. The summed E-state index contributed by atoms with van der Waals surface area (Å²) < 4.78 is 0. The van der Waals surface area contributed by atoms with E-state index in [4.69, 9.17) is 28.5 Å². The van der Waals surface area contributed by atoms with Gasteiger partial charge in [-0.05, 0) is 25.1 Å². The van der Waals surface area contributed by atoms with Crippen LogP contribution in [0.1, 0.15) is 11.3 Å². The van der Waals surface area contributed by atoms with Gasteiger partial charge in [-0.3, -0.25) is 4.98 Å². The molecule has 2 aromatic rings. The molecule has 1 aromatic heterocycles. The summed E-state index contributed by atoms with van der Waals surface area (Å²) in [6, 6.07) is 7.27. The van der Waals surface area contributed by atoms with Crippen molar-refractivity contribution >= 4 is 34.1 Å². The van der Waals surface area contributed by atoms with Gasteiger partial charge in [-0.2, -0.15) is 5.26 Å². The average molecular weight is 237 g/mol. The van der Waals surface area contributed by atoms with Crippen molar-refractivity contribution in [1.29, 1.82) is 5.26 Å². The fraction of sp³-hybridized carbons (Fsp3) is 0.0909. The lowest BCUT2D eigenvalue weighted by atomic mass is 10.1. The molecule has 1 heterocycles. The maximum Gasteiger partial charge on any atom is 0.0999 e. The minimum Gasteiger partial charge on any atom is -0.251 e. The van der Waals surface area contributed by atoms with Crippen molar-refractivity contribution in [3.63, 3.8) is 0 Å². The SMILES string of the molecule is Cc1cc(C#N)c2ccc(Cl)c(Cl)c2n1. The van der Waals surface area contributed by atoms with Crippen molar-refractivity contribution < 1.29 is 0 Å². The molecule has 0 fully saturated rings. The normalized spacial score (nSPS) is 10.3. The van der Waals surface area contributed by atoms with E-state index in [1.54, 1.807) is 18.2 Å². The van der Waals surface area contributed by atoms with Gasteiger partial charge in [0.05, 0.1) is 27.2 Å². The molecule has 0 amide bonds. The summed E-state index contributed by atoms with van der Waals surface area (Å²) in [5.41, 5.74) is 1.90. The molecule has 0 aliphatic heterocycles. The summed E-state index contributed by atoms with van der Waals surface area (Å²) in [6.07, 6.45) is 0. The second kappa shape index (κ2) is 3.69. The fourth-order valence-corrected chi connectivity index (χ4v) is 1.81. The van der Waals surface area contributed by atoms with Crippen LogP contribution in [-0.2, 0) is 0 Å². The number of aromatic nitrogens is 1. The molecular formula is C11H6Cl2N2. The molecule has 1 aromatic carbocycles. The molecule has 0 spiro atoms. The molecule has 0 N–H and O–H groups in total. The second-order valence-electron chi connectivity index (χ2n) is 3.18. The Kier molecular flexibility index (Phi) is 2.52. The number of rotatable bonds is 0. The minimum absolute atomic E-state index is 0.398. The van der Waals surface area contributed by atoms with Crippen LogP contribution >= 0.6 is 23.2 Å². The van der Waals surface area contributed by atoms with Crippen molar-refractivity contribution in [3.05, 3.63) is 39.5 Å². The topological polar surface area (TPSA) is 36.7 Å². The predicted molar refractivity (Wildman–Crippen MR) is 61.2 cm³/mol. The van der Waals surface area contributed by atoms with Crippen LogP contribution in [0.15, 0.2) is 18.2 Å². The summed E-state index contributed by atoms with van der Waals surface area (Å²) in [4.78, 5) is 4.28. The average Bonchev–Trinajstić information content (AvgIpc) is 2.23. The lowest BCUT2D eigenvalue weighted by molar-refractivity contribution is 1.25. The molecule has 2 nitrogen and oxygen atoms in total. The van der Waals surface area contributed by atoms with E-state index in [2.05, 4.69) is 11.1 Å². The van der Waals surface area contributed by atoms with Gasteiger partial charge >= 0.3 is 0 Å². The van der Waals surface area contributed by atoms with E-state index in [-0.39, 0.29) is 0 Å². The Morgan fingerprint density at radius 1 is 1.33 bits per heavy atom. The number of fused-ring (bicyclic) bond motifs is 1. The van der Waals surface area contributed by atoms with Crippen LogP contribution in [0.2, 0.25) is 10.0 Å². The lowest BCUT2D eigenvalue weighted by Crippen LogP contribution is -1.89. The van der Waals surface area contributed by atoms with Gasteiger partial charge in [0, 0.05) is 11.1 Å². The first-order valence-electron chi connectivity index (χ1n) is 4.29. The van der Waals surface area contributed by atoms with Gasteiger partial charge in [0.2, 0.25) is 0 Å². The van der Waals surface area contributed by atoms with E-state index < -0.39 is 0 Å². The van der Waals surface area contributed by atoms with Crippen molar-refractivity contribution in [1.82, 2.24) is 4.98 Å². The number of pyridine rings is 1. The maximum atomic E-state index is 8.97. The van der Waals surface area contributed by atoms with E-state index in [9.17, 15) is 0 Å². The molecular weight excluding hydrogens is 231 g/mol. The molecule has 0 radical (unpaired) electrons. The Bertz CT molecular complexity index is 585. The molecule has 15 heavy (non-hydrogen) atoms. The zero-order valence-electron chi connectivity index (χ0n) is 7.88. The fourth-order valence-electron chi connectivity index (χ4n) is 1.45. The van der Waals surface area contributed by atoms with Crippen molar-refractivity contribution in [3.8, 4) is 6.07 Å². The Hall–Kier alpha value is -1.30. The first-order valence-corrected chi connectivity index (χ1v) is 5.04. The minimum atomic E-state index is 0.398. The summed E-state index contributed by atoms with van der Waals surface area (Å²) >= 11 is 11.9. The van der Waals surface area contributed by atoms with Crippen LogP contribution in [0, 0.1) is 18.3 Å². The lowest BCUT2D eigenvalue weighted by Gasteiger charge is -2.04. The van der Waals surface area contributed by atoms with Crippen LogP contribution in [0.4, 0.5) is 0 Å². The monoisotopic (exact) mass is 236 g/mol. The van der Waals surface area contributed by atoms with Crippen LogP contribution in [0.5, 0.6) is 0 Å². The van der Waals surface area contributed by atoms with E-state index in [1.807, 2.05) is 6.92 Å². The second-order valence-corrected chi connectivity index (χ2v) is 3.97. The van der Waals surface area contributed by atoms with E-state index in [1.165, 1.54) is 0 Å². The first-order chi connectivity index (χ1) is 7.13. The zero-order valence-corrected chi connectivity index (χ0v) is 9.39. The summed E-state index contributed by atoms with van der Waals surface area (Å²) in [7, 11) is 0. The highest BCUT2D eigenvalue weighted by atomic mass is 35.5. The molecule has 0 saturated heterocycles. The van der Waals surface area contributed by atoms with E-state index in [0.717, 1.165) is 11.1 Å². The van der Waals surface area contributed by atoms with Gasteiger partial charge in [-0.1, -0.05) is 23.2 Å². The molecule has 0 atom stereocenters. The molecule has 0 bridgehead atoms. The summed E-state index contributed by atoms with van der Waals surface area (Å²) in [6.45, 7) is 1.82. The standard InChI is InChI=1S/C11H6Cl2N2/c1-6-4-7(5-14)8-2-3-9(12)10(13)11(8)15-6/h2-4H,1H3. The molecule has 0 saturated carbocycles. The molecule has 0 aliphatic carbocycles. The van der Waals surface area contributed by atoms with Crippen molar-refractivity contribution in [2.24, 2.45) is 0 Å². The Morgan fingerprint density at radius 3 is 2.73 bits per heavy atom. The number of nitrogens with zero attached hydrogens (tertiary/aromatic N) is 2. The quantitative estimate of drug-likeness (QED) is 0.700. The van der Waals surface area contributed by atoms with E-state index in [0.29, 0.717) is 21.1 Å². The van der Waals surface area contributed by atoms with Gasteiger partial charge in [0.15, 0.2) is 0 Å². The Balaban J connectivity index is 2.98. The highest BCUT2D eigenvalue weighted by molar-refractivity contribution is 6.45. The molecule has 0 unspecified atom stereocenters. The van der Waals surface area contributed by atoms with Crippen LogP contribution in [0.25, 0.3) is 10.9 Å². The largest absolute Gasteiger partial charge is 0.251 e. The third kappa shape index (κ3) is 1.65. The van der Waals surface area contributed by atoms with Gasteiger partial charge < -0.3 is 0 Å². The summed E-state index contributed by atoms with van der Waals surface area (Å²) in [5.74, 6) is 0. The van der Waals surface area contributed by atoms with Crippen molar-refractivity contribution in [2.75, 3.05) is 0 Å². The first kappa shape index (κ1) is 10.2. The van der Waals surface area contributed by atoms with Crippen LogP contribution in [0.3, 0.4) is 0 Å². The number of benzene rings is 1. The summed E-state index contributed by atoms with van der Waals surface area (Å²) in [5, 5.41) is 10.5. The number of nitriles is 1. The third-order valence-corrected chi connectivity index (χ3v) is 2.92. The van der Waals surface area contributed by atoms with Crippen LogP contribution in [-0.4, -0.2) is 4.98 Å². The number of hydrogen-bond donors (Lipinski definition) is 0. The number of hydrogen-bond acceptors (Lipinski definition) is 2. The van der Waals surface area contributed by atoms with Crippen molar-refractivity contribution in [2.45, 2.75) is 6.92 Å². The highest BCUT2D eigenvalue weighted by Crippen LogP contribution is 2.31. The van der Waals surface area contributed by atoms with Gasteiger partial charge in [-0.15, -0.1) is 0 Å². The molecule has 74 valence electrons. The van der Waals surface area contributed by atoms with Gasteiger partial charge in [-0.25, -0.2) is 0 Å². The highest BCUT2D eigenvalue weighted by Gasteiger charge is 2.09. The third-order valence-electron chi connectivity index (χ3n) is 2.12. The Labute approximate surface area is 97.1 Å². The molecule has 0 aliphatic rings.